The number of benzene rings is 2. The van der Waals surface area contributed by atoms with Crippen LogP contribution in [0.5, 0.6) is 0 Å². The number of aromatic nitrogens is 1. The minimum atomic E-state index is -0.750. The van der Waals surface area contributed by atoms with E-state index in [9.17, 15) is 9.90 Å². The van der Waals surface area contributed by atoms with Gasteiger partial charge in [0.2, 0.25) is 0 Å². The van der Waals surface area contributed by atoms with Crippen LogP contribution < -0.4 is 5.32 Å². The first-order chi connectivity index (χ1) is 11.7. The molecule has 0 aliphatic heterocycles. The summed E-state index contributed by atoms with van der Waals surface area (Å²) in [7, 11) is 0. The van der Waals surface area contributed by atoms with E-state index in [0.29, 0.717) is 5.56 Å². The van der Waals surface area contributed by atoms with Gasteiger partial charge in [-0.05, 0) is 40.8 Å². The third kappa shape index (κ3) is 3.75. The summed E-state index contributed by atoms with van der Waals surface area (Å²) in [5, 5.41) is 16.1. The fraction of sp³-hybridized carbons (Fsp3) is 0.158. The number of rotatable bonds is 5. The second-order valence-corrected chi connectivity index (χ2v) is 6.25. The number of thioether (sulfide) groups is 1. The average molecular weight is 338 g/mol. The molecule has 5 heteroatoms. The van der Waals surface area contributed by atoms with Crippen LogP contribution in [-0.2, 0) is 0 Å². The molecule has 1 atom stereocenters. The first-order valence-corrected chi connectivity index (χ1v) is 8.85. The summed E-state index contributed by atoms with van der Waals surface area (Å²) in [6, 6.07) is 17.2. The van der Waals surface area contributed by atoms with Gasteiger partial charge in [0, 0.05) is 18.3 Å². The Bertz CT molecular complexity index is 867. The summed E-state index contributed by atoms with van der Waals surface area (Å²) in [6.07, 6.45) is 2.77. The Kier molecular flexibility index (Phi) is 5.13. The number of nitrogens with zero attached hydrogens (tertiary/aromatic N) is 1. The molecule has 0 aliphatic carbocycles. The van der Waals surface area contributed by atoms with Crippen LogP contribution in [0.2, 0.25) is 0 Å². The Hall–Kier alpha value is -2.37. The van der Waals surface area contributed by atoms with E-state index in [1.54, 1.807) is 18.3 Å². The van der Waals surface area contributed by atoms with E-state index in [4.69, 9.17) is 0 Å². The van der Waals surface area contributed by atoms with Crippen molar-refractivity contribution in [2.24, 2.45) is 0 Å². The molecule has 0 bridgehead atoms. The van der Waals surface area contributed by atoms with Crippen LogP contribution in [0.1, 0.15) is 22.0 Å². The molecule has 3 aromatic rings. The third-order valence-corrected chi connectivity index (χ3v) is 4.46. The lowest BCUT2D eigenvalue weighted by atomic mass is 10.0. The number of hydrogen-bond donors (Lipinski definition) is 2. The summed E-state index contributed by atoms with van der Waals surface area (Å²) in [5.74, 6) is -0.215. The Balaban J connectivity index is 1.67. The number of amides is 1. The number of carbonyl (C=O) groups excluding carboxylic acids is 1. The minimum Gasteiger partial charge on any atom is -0.387 e. The molecule has 1 heterocycles. The molecule has 0 aliphatic rings. The fourth-order valence-electron chi connectivity index (χ4n) is 2.49. The largest absolute Gasteiger partial charge is 0.387 e. The lowest BCUT2D eigenvalue weighted by Gasteiger charge is -2.13. The van der Waals surface area contributed by atoms with E-state index >= 15 is 0 Å². The van der Waals surface area contributed by atoms with Crippen molar-refractivity contribution in [2.45, 2.75) is 11.1 Å². The number of hydrogen-bond acceptors (Lipinski definition) is 4. The first-order valence-electron chi connectivity index (χ1n) is 7.62. The maximum absolute atomic E-state index is 12.2. The van der Waals surface area contributed by atoms with Crippen LogP contribution in [0.25, 0.3) is 10.8 Å². The number of pyridine rings is 1. The van der Waals surface area contributed by atoms with Gasteiger partial charge in [0.25, 0.3) is 5.91 Å². The Morgan fingerprint density at radius 3 is 2.75 bits per heavy atom. The molecule has 24 heavy (non-hydrogen) atoms. The predicted octanol–water partition coefficient (Wildman–Crippen LogP) is 3.42. The highest BCUT2D eigenvalue weighted by Crippen LogP contribution is 2.20. The smallest absolute Gasteiger partial charge is 0.251 e. The standard InChI is InChI=1S/C19H18N2O2S/c1-24-18-11-16(8-9-20-18)19(23)21-12-17(22)15-7-6-13-4-2-3-5-14(13)10-15/h2-11,17,22H,12H2,1H3,(H,21,23). The maximum Gasteiger partial charge on any atom is 0.251 e. The van der Waals surface area contributed by atoms with Crippen LogP contribution >= 0.6 is 11.8 Å². The molecule has 1 unspecified atom stereocenters. The highest BCUT2D eigenvalue weighted by molar-refractivity contribution is 7.98. The summed E-state index contributed by atoms with van der Waals surface area (Å²) < 4.78 is 0. The van der Waals surface area contributed by atoms with Crippen LogP contribution in [0, 0.1) is 0 Å². The van der Waals surface area contributed by atoms with Gasteiger partial charge in [0.1, 0.15) is 0 Å². The molecule has 122 valence electrons. The van der Waals surface area contributed by atoms with E-state index in [2.05, 4.69) is 10.3 Å². The van der Waals surface area contributed by atoms with Crippen LogP contribution in [-0.4, -0.2) is 28.8 Å². The molecule has 1 amide bonds. The Labute approximate surface area is 144 Å². The van der Waals surface area contributed by atoms with Crippen LogP contribution in [0.15, 0.2) is 65.8 Å². The molecule has 0 fully saturated rings. The molecule has 1 aromatic heterocycles. The molecule has 3 rings (SSSR count). The van der Waals surface area contributed by atoms with Crippen molar-refractivity contribution in [3.05, 3.63) is 71.9 Å². The third-order valence-electron chi connectivity index (χ3n) is 3.82. The van der Waals surface area contributed by atoms with Crippen molar-refractivity contribution in [3.63, 3.8) is 0 Å². The first kappa shape index (κ1) is 16.5. The SMILES string of the molecule is CSc1cc(C(=O)NCC(O)c2ccc3ccccc3c2)ccn1. The van der Waals surface area contributed by atoms with Gasteiger partial charge < -0.3 is 10.4 Å². The second-order valence-electron chi connectivity index (χ2n) is 5.42. The Morgan fingerprint density at radius 2 is 1.96 bits per heavy atom. The van der Waals surface area contributed by atoms with Crippen molar-refractivity contribution in [1.82, 2.24) is 10.3 Å². The summed E-state index contributed by atoms with van der Waals surface area (Å²) >= 11 is 1.48. The number of nitrogens with one attached hydrogen (secondary N) is 1. The van der Waals surface area contributed by atoms with Crippen molar-refractivity contribution in [3.8, 4) is 0 Å². The van der Waals surface area contributed by atoms with Crippen LogP contribution in [0.3, 0.4) is 0 Å². The molecule has 2 N–H and O–H groups in total. The van der Waals surface area contributed by atoms with E-state index in [0.717, 1.165) is 21.4 Å². The topological polar surface area (TPSA) is 62.2 Å². The molecule has 0 radical (unpaired) electrons. The van der Waals surface area contributed by atoms with Gasteiger partial charge in [-0.3, -0.25) is 4.79 Å². The molecular weight excluding hydrogens is 320 g/mol. The number of aliphatic hydroxyl groups is 1. The summed E-state index contributed by atoms with van der Waals surface area (Å²) in [4.78, 5) is 16.3. The van der Waals surface area contributed by atoms with Crippen molar-refractivity contribution in [2.75, 3.05) is 12.8 Å². The van der Waals surface area contributed by atoms with Crippen molar-refractivity contribution < 1.29 is 9.90 Å². The number of aliphatic hydroxyl groups excluding tert-OH is 1. The van der Waals surface area contributed by atoms with Gasteiger partial charge in [-0.25, -0.2) is 4.98 Å². The van der Waals surface area contributed by atoms with Crippen molar-refractivity contribution in [1.29, 1.82) is 0 Å². The molecule has 0 saturated heterocycles. The predicted molar refractivity (Wildman–Crippen MR) is 97.3 cm³/mol. The van der Waals surface area contributed by atoms with Gasteiger partial charge in [-0.2, -0.15) is 0 Å². The molecule has 4 nitrogen and oxygen atoms in total. The summed E-state index contributed by atoms with van der Waals surface area (Å²) in [6.45, 7) is 0.161. The van der Waals surface area contributed by atoms with E-state index in [1.165, 1.54) is 11.8 Å². The lowest BCUT2D eigenvalue weighted by Crippen LogP contribution is -2.28. The zero-order valence-corrected chi connectivity index (χ0v) is 14.1. The van der Waals surface area contributed by atoms with Crippen molar-refractivity contribution >= 4 is 28.4 Å². The second kappa shape index (κ2) is 7.47. The van der Waals surface area contributed by atoms with Gasteiger partial charge >= 0.3 is 0 Å². The zero-order chi connectivity index (χ0) is 16.9. The van der Waals surface area contributed by atoms with E-state index in [-0.39, 0.29) is 12.5 Å². The fourth-order valence-corrected chi connectivity index (χ4v) is 2.90. The molecule has 2 aromatic carbocycles. The quantitative estimate of drug-likeness (QED) is 0.700. The summed E-state index contributed by atoms with van der Waals surface area (Å²) in [5.41, 5.74) is 1.33. The molecular formula is C19H18N2O2S. The monoisotopic (exact) mass is 338 g/mol. The molecule has 0 saturated carbocycles. The maximum atomic E-state index is 12.2. The highest BCUT2D eigenvalue weighted by Gasteiger charge is 2.12. The number of carbonyl (C=O) groups is 1. The van der Waals surface area contributed by atoms with Gasteiger partial charge in [-0.1, -0.05) is 36.4 Å². The van der Waals surface area contributed by atoms with Gasteiger partial charge in [-0.15, -0.1) is 11.8 Å². The van der Waals surface area contributed by atoms with E-state index < -0.39 is 6.10 Å². The highest BCUT2D eigenvalue weighted by atomic mass is 32.2. The average Bonchev–Trinajstić information content (AvgIpc) is 2.65. The van der Waals surface area contributed by atoms with E-state index in [1.807, 2.05) is 48.7 Å². The van der Waals surface area contributed by atoms with Crippen LogP contribution in [0.4, 0.5) is 0 Å². The Morgan fingerprint density at radius 1 is 1.17 bits per heavy atom. The van der Waals surface area contributed by atoms with Gasteiger partial charge in [0.15, 0.2) is 0 Å². The zero-order valence-electron chi connectivity index (χ0n) is 13.3. The number of fused-ring (bicyclic) bond motifs is 1. The normalized spacial score (nSPS) is 12.1. The minimum absolute atomic E-state index is 0.161. The molecule has 0 spiro atoms. The lowest BCUT2D eigenvalue weighted by molar-refractivity contribution is 0.0916. The van der Waals surface area contributed by atoms with Gasteiger partial charge in [0.05, 0.1) is 11.1 Å².